The highest BCUT2D eigenvalue weighted by atomic mass is 16.2. The summed E-state index contributed by atoms with van der Waals surface area (Å²) in [7, 11) is 0. The molecule has 6 nitrogen and oxygen atoms in total. The molecule has 2 aliphatic rings. The van der Waals surface area contributed by atoms with Gasteiger partial charge in [0.05, 0.1) is 23.5 Å². The van der Waals surface area contributed by atoms with Gasteiger partial charge in [0, 0.05) is 12.5 Å². The van der Waals surface area contributed by atoms with E-state index in [4.69, 9.17) is 5.73 Å². The Labute approximate surface area is 146 Å². The molecule has 1 atom stereocenters. The minimum absolute atomic E-state index is 0.0950. The van der Waals surface area contributed by atoms with Crippen molar-refractivity contribution in [3.63, 3.8) is 0 Å². The van der Waals surface area contributed by atoms with Crippen molar-refractivity contribution in [3.8, 4) is 5.69 Å². The fraction of sp³-hybridized carbons (Fsp3) is 0.421. The molecule has 0 spiro atoms. The Morgan fingerprint density at radius 1 is 1.16 bits per heavy atom. The number of benzene rings is 1. The van der Waals surface area contributed by atoms with Crippen LogP contribution in [0.15, 0.2) is 30.5 Å². The summed E-state index contributed by atoms with van der Waals surface area (Å²) >= 11 is 0. The van der Waals surface area contributed by atoms with Crippen LogP contribution in [0.2, 0.25) is 0 Å². The van der Waals surface area contributed by atoms with Gasteiger partial charge >= 0.3 is 0 Å². The lowest BCUT2D eigenvalue weighted by atomic mass is 10.0. The second-order valence-corrected chi connectivity index (χ2v) is 7.02. The number of nitrogen functional groups attached to an aromatic ring is 1. The Bertz CT molecular complexity index is 820. The number of nitrogens with two attached hydrogens (primary N) is 1. The van der Waals surface area contributed by atoms with Crippen LogP contribution in [0.1, 0.15) is 41.6 Å². The Kier molecular flexibility index (Phi) is 3.82. The predicted octanol–water partition coefficient (Wildman–Crippen LogP) is 2.35. The molecule has 2 N–H and O–H groups in total. The second-order valence-electron chi connectivity index (χ2n) is 7.02. The lowest BCUT2D eigenvalue weighted by molar-refractivity contribution is -0.132. The second kappa shape index (κ2) is 6.02. The molecule has 1 saturated carbocycles. The van der Waals surface area contributed by atoms with E-state index >= 15 is 0 Å². The number of ketones is 1. The third-order valence-corrected chi connectivity index (χ3v) is 5.12. The number of aromatic nitrogens is 2. The van der Waals surface area contributed by atoms with E-state index in [1.807, 2.05) is 31.2 Å². The van der Waals surface area contributed by atoms with Gasteiger partial charge in [-0.25, -0.2) is 4.68 Å². The van der Waals surface area contributed by atoms with Crippen LogP contribution in [-0.2, 0) is 4.79 Å². The first-order valence-electron chi connectivity index (χ1n) is 8.81. The van der Waals surface area contributed by atoms with Gasteiger partial charge in [0.2, 0.25) is 5.91 Å². The smallest absolute Gasteiger partial charge is 0.226 e. The highest BCUT2D eigenvalue weighted by Gasteiger charge is 2.41. The van der Waals surface area contributed by atoms with Crippen LogP contribution in [-0.4, -0.2) is 39.0 Å². The zero-order valence-corrected chi connectivity index (χ0v) is 14.3. The number of Topliss-reactive ketones (excluding diaryl/α,β-unsaturated/α-hetero) is 1. The first-order chi connectivity index (χ1) is 12.1. The van der Waals surface area contributed by atoms with Crippen LogP contribution in [0.4, 0.5) is 5.82 Å². The molecular formula is C19H22N4O2. The molecule has 0 bridgehead atoms. The highest BCUT2D eigenvalue weighted by Crippen LogP contribution is 2.34. The van der Waals surface area contributed by atoms with Gasteiger partial charge < -0.3 is 10.6 Å². The Balaban J connectivity index is 1.60. The fourth-order valence-corrected chi connectivity index (χ4v) is 3.49. The number of nitrogens with zero attached hydrogens (tertiary/aromatic N) is 3. The minimum Gasteiger partial charge on any atom is -0.383 e. The number of hydrogen-bond donors (Lipinski definition) is 1. The van der Waals surface area contributed by atoms with Crippen LogP contribution < -0.4 is 5.73 Å². The van der Waals surface area contributed by atoms with E-state index in [9.17, 15) is 9.59 Å². The van der Waals surface area contributed by atoms with Gasteiger partial charge in [0.1, 0.15) is 5.82 Å². The van der Waals surface area contributed by atoms with Gasteiger partial charge in [-0.05, 0) is 44.7 Å². The van der Waals surface area contributed by atoms with Crippen molar-refractivity contribution in [2.24, 2.45) is 5.92 Å². The van der Waals surface area contributed by atoms with Crippen LogP contribution >= 0.6 is 0 Å². The number of anilines is 1. The molecule has 4 rings (SSSR count). The van der Waals surface area contributed by atoms with Gasteiger partial charge in [-0.2, -0.15) is 5.10 Å². The van der Waals surface area contributed by atoms with Crippen molar-refractivity contribution < 1.29 is 9.59 Å². The summed E-state index contributed by atoms with van der Waals surface area (Å²) in [6.07, 6.45) is 4.98. The summed E-state index contributed by atoms with van der Waals surface area (Å²) in [5, 5.41) is 4.29. The van der Waals surface area contributed by atoms with Gasteiger partial charge in [-0.1, -0.05) is 17.7 Å². The zero-order chi connectivity index (χ0) is 17.6. The van der Waals surface area contributed by atoms with Crippen LogP contribution in [0.5, 0.6) is 0 Å². The molecular weight excluding hydrogens is 316 g/mol. The monoisotopic (exact) mass is 338 g/mol. The SMILES string of the molecule is Cc1ccc(-n2ncc(C(=O)C3CCCN3C(=O)C3CC3)c2N)cc1. The van der Waals surface area contributed by atoms with E-state index in [-0.39, 0.29) is 17.6 Å². The maximum atomic E-state index is 13.0. The molecule has 1 aromatic carbocycles. The first-order valence-corrected chi connectivity index (χ1v) is 8.81. The van der Waals surface area contributed by atoms with Crippen molar-refractivity contribution in [3.05, 3.63) is 41.6 Å². The van der Waals surface area contributed by atoms with Crippen molar-refractivity contribution in [1.82, 2.24) is 14.7 Å². The van der Waals surface area contributed by atoms with E-state index in [0.29, 0.717) is 24.3 Å². The summed E-state index contributed by atoms with van der Waals surface area (Å²) in [4.78, 5) is 27.2. The predicted molar refractivity (Wildman–Crippen MR) is 94.5 cm³/mol. The normalized spacial score (nSPS) is 20.0. The number of carbonyl (C=O) groups is 2. The van der Waals surface area contributed by atoms with E-state index < -0.39 is 6.04 Å². The lowest BCUT2D eigenvalue weighted by Crippen LogP contribution is -2.41. The third-order valence-electron chi connectivity index (χ3n) is 5.12. The molecule has 1 aromatic heterocycles. The summed E-state index contributed by atoms with van der Waals surface area (Å²) in [6, 6.07) is 7.40. The van der Waals surface area contributed by atoms with Gasteiger partial charge in [-0.3, -0.25) is 9.59 Å². The molecule has 6 heteroatoms. The Hall–Kier alpha value is -2.63. The molecule has 2 fully saturated rings. The highest BCUT2D eigenvalue weighted by molar-refractivity contribution is 6.05. The van der Waals surface area contributed by atoms with E-state index in [0.717, 1.165) is 30.5 Å². The van der Waals surface area contributed by atoms with E-state index in [2.05, 4.69) is 5.10 Å². The van der Waals surface area contributed by atoms with E-state index in [1.54, 1.807) is 9.58 Å². The maximum Gasteiger partial charge on any atom is 0.226 e. The minimum atomic E-state index is -0.397. The average Bonchev–Trinajstić information content (AvgIpc) is 3.22. The van der Waals surface area contributed by atoms with Crippen molar-refractivity contribution in [2.45, 2.75) is 38.6 Å². The van der Waals surface area contributed by atoms with Crippen LogP contribution in [0.25, 0.3) is 5.69 Å². The summed E-state index contributed by atoms with van der Waals surface area (Å²) in [6.45, 7) is 2.68. The quantitative estimate of drug-likeness (QED) is 0.868. The Morgan fingerprint density at radius 3 is 2.56 bits per heavy atom. The number of carbonyl (C=O) groups excluding carboxylic acids is 2. The number of aryl methyl sites for hydroxylation is 1. The summed E-state index contributed by atoms with van der Waals surface area (Å²) < 4.78 is 1.58. The Morgan fingerprint density at radius 2 is 1.88 bits per heavy atom. The lowest BCUT2D eigenvalue weighted by Gasteiger charge is -2.23. The zero-order valence-electron chi connectivity index (χ0n) is 14.3. The van der Waals surface area contributed by atoms with Crippen molar-refractivity contribution in [2.75, 3.05) is 12.3 Å². The molecule has 130 valence electrons. The summed E-state index contributed by atoms with van der Waals surface area (Å²) in [5.74, 6) is 0.489. The van der Waals surface area contributed by atoms with Gasteiger partial charge in [0.25, 0.3) is 0 Å². The fourth-order valence-electron chi connectivity index (χ4n) is 3.49. The maximum absolute atomic E-state index is 13.0. The van der Waals surface area contributed by atoms with E-state index in [1.165, 1.54) is 6.20 Å². The molecule has 2 heterocycles. The number of likely N-dealkylation sites (tertiary alicyclic amines) is 1. The molecule has 25 heavy (non-hydrogen) atoms. The number of hydrogen-bond acceptors (Lipinski definition) is 4. The largest absolute Gasteiger partial charge is 0.383 e. The molecule has 2 aromatic rings. The van der Waals surface area contributed by atoms with Crippen molar-refractivity contribution >= 4 is 17.5 Å². The molecule has 0 radical (unpaired) electrons. The molecule has 1 unspecified atom stereocenters. The third kappa shape index (κ3) is 2.81. The van der Waals surface area contributed by atoms with Crippen molar-refractivity contribution in [1.29, 1.82) is 0 Å². The first kappa shape index (κ1) is 15.9. The summed E-state index contributed by atoms with van der Waals surface area (Å²) in [5.41, 5.74) is 8.58. The molecule has 1 aliphatic carbocycles. The average molecular weight is 338 g/mol. The molecule has 1 aliphatic heterocycles. The van der Waals surface area contributed by atoms with Crippen LogP contribution in [0.3, 0.4) is 0 Å². The number of rotatable bonds is 4. The standard InChI is InChI=1S/C19H22N4O2/c1-12-4-8-14(9-5-12)23-18(20)15(11-21-23)17(24)16-3-2-10-22(16)19(25)13-6-7-13/h4-5,8-9,11,13,16H,2-3,6-7,10,20H2,1H3. The van der Waals surface area contributed by atoms with Gasteiger partial charge in [-0.15, -0.1) is 0 Å². The molecule has 1 amide bonds. The van der Waals surface area contributed by atoms with Gasteiger partial charge in [0.15, 0.2) is 5.78 Å². The number of amides is 1. The molecule has 1 saturated heterocycles. The van der Waals surface area contributed by atoms with Crippen LogP contribution in [0, 0.1) is 12.8 Å². The topological polar surface area (TPSA) is 81.2 Å².